The lowest BCUT2D eigenvalue weighted by atomic mass is 10.1. The Balaban J connectivity index is 2.10. The summed E-state index contributed by atoms with van der Waals surface area (Å²) in [6, 6.07) is 7.82. The van der Waals surface area contributed by atoms with Crippen molar-refractivity contribution in [2.45, 2.75) is 25.8 Å². The number of benzene rings is 1. The third kappa shape index (κ3) is 6.89. The third-order valence-corrected chi connectivity index (χ3v) is 3.73. The molecule has 0 aliphatic heterocycles. The Bertz CT molecular complexity index is 316. The van der Waals surface area contributed by atoms with Gasteiger partial charge in [-0.3, -0.25) is 0 Å². The summed E-state index contributed by atoms with van der Waals surface area (Å²) in [7, 11) is 0. The molecule has 102 valence electrons. The van der Waals surface area contributed by atoms with Gasteiger partial charge < -0.3 is 15.5 Å². The molecule has 0 saturated heterocycles. The van der Waals surface area contributed by atoms with E-state index in [1.165, 1.54) is 5.56 Å². The number of rotatable bonds is 9. The van der Waals surface area contributed by atoms with Gasteiger partial charge in [0.25, 0.3) is 0 Å². The number of aromatic hydroxyl groups is 1. The predicted molar refractivity (Wildman–Crippen MR) is 78.3 cm³/mol. The van der Waals surface area contributed by atoms with Crippen molar-refractivity contribution < 1.29 is 10.2 Å². The first-order chi connectivity index (χ1) is 8.72. The molecule has 18 heavy (non-hydrogen) atoms. The molecule has 4 heteroatoms. The van der Waals surface area contributed by atoms with Gasteiger partial charge in [-0.1, -0.05) is 12.1 Å². The van der Waals surface area contributed by atoms with Crippen molar-refractivity contribution in [2.75, 3.05) is 24.7 Å². The maximum absolute atomic E-state index is 9.20. The molecule has 0 aliphatic carbocycles. The molecule has 1 aromatic rings. The topological polar surface area (TPSA) is 52.5 Å². The molecule has 0 bridgehead atoms. The Kier molecular flexibility index (Phi) is 7.89. The number of phenols is 1. The quantitative estimate of drug-likeness (QED) is 0.600. The molecule has 1 rings (SSSR count). The van der Waals surface area contributed by atoms with Gasteiger partial charge in [0.05, 0.1) is 0 Å². The Labute approximate surface area is 114 Å². The Morgan fingerprint density at radius 3 is 2.61 bits per heavy atom. The standard InChI is InChI=1S/C14H23NO2S/c1-12(15-7-10-18-9-2-8-16)11-13-3-5-14(17)6-4-13/h3-6,12,15-17H,2,7-11H2,1H3. The number of hydrogen-bond acceptors (Lipinski definition) is 4. The molecule has 0 aliphatic rings. The van der Waals surface area contributed by atoms with Crippen LogP contribution >= 0.6 is 11.8 Å². The molecule has 0 saturated carbocycles. The minimum absolute atomic E-state index is 0.289. The van der Waals surface area contributed by atoms with Crippen LogP contribution in [0.3, 0.4) is 0 Å². The zero-order valence-electron chi connectivity index (χ0n) is 10.9. The van der Waals surface area contributed by atoms with Gasteiger partial charge in [-0.25, -0.2) is 0 Å². The maximum Gasteiger partial charge on any atom is 0.115 e. The van der Waals surface area contributed by atoms with Crippen LogP contribution in [0.15, 0.2) is 24.3 Å². The van der Waals surface area contributed by atoms with Gasteiger partial charge in [-0.15, -0.1) is 0 Å². The van der Waals surface area contributed by atoms with Crippen LogP contribution in [0.4, 0.5) is 0 Å². The highest BCUT2D eigenvalue weighted by Crippen LogP contribution is 2.11. The number of thioether (sulfide) groups is 1. The molecule has 3 nitrogen and oxygen atoms in total. The largest absolute Gasteiger partial charge is 0.508 e. The summed E-state index contributed by atoms with van der Waals surface area (Å²) in [5.74, 6) is 2.43. The highest BCUT2D eigenvalue weighted by atomic mass is 32.2. The fourth-order valence-corrected chi connectivity index (χ4v) is 2.50. The number of hydrogen-bond donors (Lipinski definition) is 3. The van der Waals surface area contributed by atoms with Crippen molar-refractivity contribution in [1.82, 2.24) is 5.32 Å². The minimum Gasteiger partial charge on any atom is -0.508 e. The van der Waals surface area contributed by atoms with E-state index in [9.17, 15) is 5.11 Å². The summed E-state index contributed by atoms with van der Waals surface area (Å²) in [6.45, 7) is 3.46. The molecular weight excluding hydrogens is 246 g/mol. The molecule has 0 amide bonds. The first-order valence-corrected chi connectivity index (χ1v) is 7.57. The van der Waals surface area contributed by atoms with Crippen LogP contribution in [0.5, 0.6) is 5.75 Å². The number of nitrogens with one attached hydrogen (secondary N) is 1. The van der Waals surface area contributed by atoms with Crippen molar-refractivity contribution in [1.29, 1.82) is 0 Å². The van der Waals surface area contributed by atoms with Crippen LogP contribution in [0.25, 0.3) is 0 Å². The fraction of sp³-hybridized carbons (Fsp3) is 0.571. The summed E-state index contributed by atoms with van der Waals surface area (Å²) in [6.07, 6.45) is 1.86. The molecule has 1 unspecified atom stereocenters. The van der Waals surface area contributed by atoms with E-state index in [0.717, 1.165) is 30.9 Å². The SMILES string of the molecule is CC(Cc1ccc(O)cc1)NCCSCCCO. The number of aliphatic hydroxyl groups excluding tert-OH is 1. The van der Waals surface area contributed by atoms with Crippen molar-refractivity contribution in [2.24, 2.45) is 0 Å². The van der Waals surface area contributed by atoms with E-state index in [1.807, 2.05) is 23.9 Å². The van der Waals surface area contributed by atoms with Crippen molar-refractivity contribution >= 4 is 11.8 Å². The summed E-state index contributed by atoms with van der Waals surface area (Å²) in [5.41, 5.74) is 1.24. The minimum atomic E-state index is 0.289. The third-order valence-electron chi connectivity index (χ3n) is 2.66. The lowest BCUT2D eigenvalue weighted by molar-refractivity contribution is 0.296. The van der Waals surface area contributed by atoms with E-state index in [0.29, 0.717) is 11.8 Å². The molecule has 0 heterocycles. The summed E-state index contributed by atoms with van der Waals surface area (Å²) in [5, 5.41) is 21.3. The zero-order chi connectivity index (χ0) is 13.2. The normalized spacial score (nSPS) is 12.6. The van der Waals surface area contributed by atoms with Crippen LogP contribution in [-0.4, -0.2) is 40.9 Å². The van der Waals surface area contributed by atoms with Crippen LogP contribution in [0.1, 0.15) is 18.9 Å². The first kappa shape index (κ1) is 15.3. The van der Waals surface area contributed by atoms with Gasteiger partial charge in [0.1, 0.15) is 5.75 Å². The predicted octanol–water partition coefficient (Wildman–Crippen LogP) is 2.03. The van der Waals surface area contributed by atoms with Gasteiger partial charge in [0.15, 0.2) is 0 Å². The van der Waals surface area contributed by atoms with E-state index < -0.39 is 0 Å². The lowest BCUT2D eigenvalue weighted by Crippen LogP contribution is -2.30. The van der Waals surface area contributed by atoms with Crippen LogP contribution in [0, 0.1) is 0 Å². The Hall–Kier alpha value is -0.710. The summed E-state index contributed by atoms with van der Waals surface area (Å²) >= 11 is 1.87. The lowest BCUT2D eigenvalue weighted by Gasteiger charge is -2.13. The second-order valence-electron chi connectivity index (χ2n) is 4.42. The van der Waals surface area contributed by atoms with Crippen LogP contribution in [0.2, 0.25) is 0 Å². The average molecular weight is 269 g/mol. The van der Waals surface area contributed by atoms with E-state index in [4.69, 9.17) is 5.11 Å². The van der Waals surface area contributed by atoms with Crippen molar-refractivity contribution in [3.63, 3.8) is 0 Å². The monoisotopic (exact) mass is 269 g/mol. The fourth-order valence-electron chi connectivity index (χ4n) is 1.70. The van der Waals surface area contributed by atoms with Crippen molar-refractivity contribution in [3.05, 3.63) is 29.8 Å². The van der Waals surface area contributed by atoms with Gasteiger partial charge in [-0.2, -0.15) is 11.8 Å². The van der Waals surface area contributed by atoms with E-state index in [-0.39, 0.29) is 6.61 Å². The van der Waals surface area contributed by atoms with Crippen LogP contribution < -0.4 is 5.32 Å². The highest BCUT2D eigenvalue weighted by molar-refractivity contribution is 7.99. The smallest absolute Gasteiger partial charge is 0.115 e. The molecule has 0 spiro atoms. The van der Waals surface area contributed by atoms with E-state index in [2.05, 4.69) is 12.2 Å². The molecule has 0 radical (unpaired) electrons. The second-order valence-corrected chi connectivity index (χ2v) is 5.64. The molecule has 0 fully saturated rings. The number of phenolic OH excluding ortho intramolecular Hbond substituents is 1. The molecule has 3 N–H and O–H groups in total. The van der Waals surface area contributed by atoms with E-state index >= 15 is 0 Å². The highest BCUT2D eigenvalue weighted by Gasteiger charge is 2.02. The van der Waals surface area contributed by atoms with Gasteiger partial charge in [-0.05, 0) is 43.2 Å². The van der Waals surface area contributed by atoms with Gasteiger partial charge in [0.2, 0.25) is 0 Å². The van der Waals surface area contributed by atoms with Crippen LogP contribution in [-0.2, 0) is 6.42 Å². The summed E-state index contributed by atoms with van der Waals surface area (Å²) < 4.78 is 0. The van der Waals surface area contributed by atoms with Crippen molar-refractivity contribution in [3.8, 4) is 5.75 Å². The first-order valence-electron chi connectivity index (χ1n) is 6.42. The number of aliphatic hydroxyl groups is 1. The van der Waals surface area contributed by atoms with E-state index in [1.54, 1.807) is 12.1 Å². The molecule has 1 atom stereocenters. The maximum atomic E-state index is 9.20. The molecule has 0 aromatic heterocycles. The zero-order valence-corrected chi connectivity index (χ0v) is 11.7. The molecule has 1 aromatic carbocycles. The second kappa shape index (κ2) is 9.25. The van der Waals surface area contributed by atoms with Gasteiger partial charge in [0, 0.05) is 24.9 Å². The molecular formula is C14H23NO2S. The average Bonchev–Trinajstić information content (AvgIpc) is 2.36. The Morgan fingerprint density at radius 2 is 1.94 bits per heavy atom. The van der Waals surface area contributed by atoms with Gasteiger partial charge >= 0.3 is 0 Å². The Morgan fingerprint density at radius 1 is 1.22 bits per heavy atom. The summed E-state index contributed by atoms with van der Waals surface area (Å²) in [4.78, 5) is 0.